The van der Waals surface area contributed by atoms with E-state index >= 15 is 0 Å². The van der Waals surface area contributed by atoms with Gasteiger partial charge in [0.25, 0.3) is 5.91 Å². The minimum atomic E-state index is -1.22. The van der Waals surface area contributed by atoms with Gasteiger partial charge in [0.05, 0.1) is 6.61 Å². The Morgan fingerprint density at radius 1 is 0.947 bits per heavy atom. The minimum absolute atomic E-state index is 0.110. The molecule has 0 aromatic heterocycles. The van der Waals surface area contributed by atoms with Gasteiger partial charge in [0.2, 0.25) is 0 Å². The van der Waals surface area contributed by atoms with Crippen LogP contribution in [0.15, 0.2) is 72.3 Å². The summed E-state index contributed by atoms with van der Waals surface area (Å²) >= 11 is 0. The highest BCUT2D eigenvalue weighted by atomic mass is 31.1. The van der Waals surface area contributed by atoms with Crippen molar-refractivity contribution < 1.29 is 14.1 Å². The molecule has 3 aromatic rings. The highest BCUT2D eigenvalue weighted by molar-refractivity contribution is 7.43. The van der Waals surface area contributed by atoms with E-state index in [-0.39, 0.29) is 11.3 Å². The molecule has 0 spiro atoms. The minimum Gasteiger partial charge on any atom is -0.493 e. The van der Waals surface area contributed by atoms with Gasteiger partial charge in [-0.25, -0.2) is 0 Å². The first-order valence-electron chi connectivity index (χ1n) is 13.6. The highest BCUT2D eigenvalue weighted by Gasteiger charge is 2.18. The van der Waals surface area contributed by atoms with Crippen molar-refractivity contribution in [3.8, 4) is 16.9 Å². The van der Waals surface area contributed by atoms with Crippen LogP contribution in [0.3, 0.4) is 0 Å². The molecule has 3 aromatic carbocycles. The number of anilines is 1. The fourth-order valence-corrected chi connectivity index (χ4v) is 5.92. The largest absolute Gasteiger partial charge is 0.493 e. The average molecular weight is 529 g/mol. The summed E-state index contributed by atoms with van der Waals surface area (Å²) in [6, 6.07) is 22.5. The number of amides is 1. The fraction of sp³-hybridized carbons (Fsp3) is 0.364. The van der Waals surface area contributed by atoms with Crippen LogP contribution >= 0.6 is 7.80 Å². The zero-order valence-electron chi connectivity index (χ0n) is 23.0. The molecule has 4 rings (SSSR count). The van der Waals surface area contributed by atoms with Crippen LogP contribution in [0.25, 0.3) is 17.2 Å². The Bertz CT molecular complexity index is 1300. The van der Waals surface area contributed by atoms with Gasteiger partial charge in [0.15, 0.2) is 6.16 Å². The molecule has 1 unspecified atom stereocenters. The maximum Gasteiger partial charge on any atom is 0.343 e. The summed E-state index contributed by atoms with van der Waals surface area (Å²) in [4.78, 5) is 13.1. The molecule has 0 saturated heterocycles. The molecular weight excluding hydrogens is 489 g/mol. The molecule has 5 heteroatoms. The van der Waals surface area contributed by atoms with Crippen LogP contribution in [-0.2, 0) is 20.9 Å². The van der Waals surface area contributed by atoms with Crippen LogP contribution in [0.4, 0.5) is 5.69 Å². The Labute approximate surface area is 228 Å². The van der Waals surface area contributed by atoms with Gasteiger partial charge in [-0.15, -0.1) is 0 Å². The molecule has 1 aliphatic rings. The van der Waals surface area contributed by atoms with Crippen LogP contribution in [0, 0.1) is 0 Å². The predicted octanol–water partition coefficient (Wildman–Crippen LogP) is 8.97. The molecule has 1 atom stereocenters. The maximum atomic E-state index is 13.1. The van der Waals surface area contributed by atoms with E-state index in [0.717, 1.165) is 59.1 Å². The molecule has 0 radical (unpaired) electrons. The molecule has 38 heavy (non-hydrogen) atoms. The lowest BCUT2D eigenvalue weighted by atomic mass is 9.86. The Balaban J connectivity index is 1.45. The first-order chi connectivity index (χ1) is 18.2. The molecular formula is C33H39NO3P+. The van der Waals surface area contributed by atoms with E-state index in [2.05, 4.69) is 69.4 Å². The van der Waals surface area contributed by atoms with Gasteiger partial charge in [0, 0.05) is 23.2 Å². The number of hydrogen-bond acceptors (Lipinski definition) is 3. The molecule has 4 nitrogen and oxygen atoms in total. The van der Waals surface area contributed by atoms with E-state index in [4.69, 9.17) is 4.74 Å². The highest BCUT2D eigenvalue weighted by Crippen LogP contribution is 2.33. The number of rotatable bonds is 9. The second-order valence-electron chi connectivity index (χ2n) is 11.1. The van der Waals surface area contributed by atoms with E-state index in [1.54, 1.807) is 0 Å². The lowest BCUT2D eigenvalue weighted by Gasteiger charge is -2.19. The lowest BCUT2D eigenvalue weighted by Crippen LogP contribution is -2.15. The third-order valence-electron chi connectivity index (χ3n) is 6.93. The third kappa shape index (κ3) is 7.42. The summed E-state index contributed by atoms with van der Waals surface area (Å²) in [5.41, 5.74) is 7.01. The van der Waals surface area contributed by atoms with Gasteiger partial charge in [-0.2, -0.15) is 0 Å². The van der Waals surface area contributed by atoms with Crippen molar-refractivity contribution >= 4 is 25.5 Å². The van der Waals surface area contributed by atoms with Crippen LogP contribution in [0.2, 0.25) is 0 Å². The van der Waals surface area contributed by atoms with Gasteiger partial charge in [-0.05, 0) is 70.9 Å². The molecule has 0 bridgehead atoms. The smallest absolute Gasteiger partial charge is 0.343 e. The number of fused-ring (bicyclic) bond motifs is 1. The third-order valence-corrected chi connectivity index (χ3v) is 8.46. The van der Waals surface area contributed by atoms with Crippen molar-refractivity contribution in [2.45, 2.75) is 65.0 Å². The molecule has 0 saturated carbocycles. The predicted molar refractivity (Wildman–Crippen MR) is 159 cm³/mol. The molecule has 1 heterocycles. The zero-order valence-corrected chi connectivity index (χ0v) is 23.9. The van der Waals surface area contributed by atoms with Crippen molar-refractivity contribution in [1.29, 1.82) is 0 Å². The lowest BCUT2D eigenvalue weighted by molar-refractivity contribution is -0.113. The van der Waals surface area contributed by atoms with Crippen molar-refractivity contribution in [2.75, 3.05) is 18.1 Å². The summed E-state index contributed by atoms with van der Waals surface area (Å²) in [6.45, 7) is 9.25. The first-order valence-corrected chi connectivity index (χ1v) is 15.3. The molecule has 1 aliphatic heterocycles. The van der Waals surface area contributed by atoms with Gasteiger partial charge < -0.3 is 10.1 Å². The fourth-order valence-electron chi connectivity index (χ4n) is 4.57. The van der Waals surface area contributed by atoms with Gasteiger partial charge >= 0.3 is 7.80 Å². The Kier molecular flexibility index (Phi) is 9.17. The Morgan fingerprint density at radius 3 is 2.34 bits per heavy atom. The Morgan fingerprint density at radius 2 is 1.66 bits per heavy atom. The van der Waals surface area contributed by atoms with E-state index in [9.17, 15) is 9.36 Å². The topological polar surface area (TPSA) is 55.4 Å². The molecule has 1 amide bonds. The van der Waals surface area contributed by atoms with Gasteiger partial charge in [0.1, 0.15) is 11.9 Å². The molecule has 0 aliphatic carbocycles. The summed E-state index contributed by atoms with van der Waals surface area (Å²) in [6.07, 6.45) is 7.14. The van der Waals surface area contributed by atoms with Crippen LogP contribution < -0.4 is 10.1 Å². The molecule has 0 fully saturated rings. The number of carbonyl (C=O) groups is 1. The summed E-state index contributed by atoms with van der Waals surface area (Å²) in [5.74, 6) is 0.667. The van der Waals surface area contributed by atoms with Crippen LogP contribution in [0.5, 0.6) is 5.75 Å². The first kappa shape index (κ1) is 27.8. The number of ether oxygens (including phenoxy) is 1. The number of nitrogens with one attached hydrogen (secondary N) is 1. The molecule has 198 valence electrons. The average Bonchev–Trinajstić information content (AvgIpc) is 3.12. The van der Waals surface area contributed by atoms with Crippen LogP contribution in [0.1, 0.15) is 70.1 Å². The van der Waals surface area contributed by atoms with E-state index < -0.39 is 7.80 Å². The summed E-state index contributed by atoms with van der Waals surface area (Å²) in [5, 5.41) is 3.02. The van der Waals surface area contributed by atoms with Crippen molar-refractivity contribution in [1.82, 2.24) is 0 Å². The summed E-state index contributed by atoms with van der Waals surface area (Å²) in [7, 11) is -1.22. The van der Waals surface area contributed by atoms with Gasteiger partial charge in [-0.3, -0.25) is 4.79 Å². The SMILES string of the molecule is CCCCC[P+](=O)Cc1ccc(NC(=O)C2=Cc3cc(-c4ccc(C(C)(C)C)cc4)ccc3OCC2)cc1. The van der Waals surface area contributed by atoms with Crippen LogP contribution in [-0.4, -0.2) is 18.7 Å². The number of carbonyl (C=O) groups excluding carboxylic acids is 1. The van der Waals surface area contributed by atoms with Crippen molar-refractivity contribution in [2.24, 2.45) is 0 Å². The van der Waals surface area contributed by atoms with E-state index in [1.165, 1.54) is 5.56 Å². The second kappa shape index (κ2) is 12.5. The normalized spacial score (nSPS) is 13.6. The number of hydrogen-bond donors (Lipinski definition) is 1. The summed E-state index contributed by atoms with van der Waals surface area (Å²) < 4.78 is 18.3. The monoisotopic (exact) mass is 528 g/mol. The number of unbranched alkanes of at least 4 members (excludes halogenated alkanes) is 2. The van der Waals surface area contributed by atoms with Gasteiger partial charge in [-0.1, -0.05) is 81.1 Å². The van der Waals surface area contributed by atoms with Crippen molar-refractivity contribution in [3.63, 3.8) is 0 Å². The second-order valence-corrected chi connectivity index (χ2v) is 12.8. The zero-order chi connectivity index (χ0) is 27.1. The number of benzene rings is 3. The molecule has 1 N–H and O–H groups in total. The van der Waals surface area contributed by atoms with E-state index in [1.807, 2.05) is 36.4 Å². The van der Waals surface area contributed by atoms with Crippen molar-refractivity contribution in [3.05, 3.63) is 89.0 Å². The Hall–Kier alpha value is -3.23. The van der Waals surface area contributed by atoms with E-state index in [0.29, 0.717) is 24.8 Å². The maximum absolute atomic E-state index is 13.1. The quantitative estimate of drug-likeness (QED) is 0.223. The standard InChI is InChI=1S/C33H38NO3P/c1-5-6-7-20-38(36)23-24-8-15-30(16-9-24)34-32(35)27-18-19-37-31-17-12-26(21-28(31)22-27)25-10-13-29(14-11-25)33(2,3)4/h8-17,21-22H,5-7,18-20,23H2,1-4H3/p+1.